The third-order valence-electron chi connectivity index (χ3n) is 4.07. The highest BCUT2D eigenvalue weighted by atomic mass is 16.5. The Morgan fingerprint density at radius 3 is 2.95 bits per heavy atom. The Morgan fingerprint density at radius 2 is 2.14 bits per heavy atom. The molecule has 1 aliphatic heterocycles. The fourth-order valence-electron chi connectivity index (χ4n) is 3.01. The molecule has 0 radical (unpaired) electrons. The Bertz CT molecular complexity index is 573. The minimum Gasteiger partial charge on any atom is -0.493 e. The summed E-state index contributed by atoms with van der Waals surface area (Å²) in [6.07, 6.45) is 4.39. The zero-order chi connectivity index (χ0) is 14.5. The van der Waals surface area contributed by atoms with Crippen molar-refractivity contribution in [1.29, 1.82) is 0 Å². The summed E-state index contributed by atoms with van der Waals surface area (Å²) in [5.74, 6) is 0.998. The molecule has 1 aromatic heterocycles. The molecule has 4 heteroatoms. The number of benzene rings is 1. The second-order valence-electron chi connectivity index (χ2n) is 5.48. The predicted molar refractivity (Wildman–Crippen MR) is 85.0 cm³/mol. The molecule has 1 saturated heterocycles. The van der Waals surface area contributed by atoms with Gasteiger partial charge in [-0.3, -0.25) is 4.90 Å². The molecule has 3 rings (SSSR count). The van der Waals surface area contributed by atoms with Gasteiger partial charge in [-0.2, -0.15) is 0 Å². The first-order valence-electron chi connectivity index (χ1n) is 7.90. The van der Waals surface area contributed by atoms with E-state index in [2.05, 4.69) is 28.2 Å². The molecule has 1 aromatic carbocycles. The summed E-state index contributed by atoms with van der Waals surface area (Å²) in [4.78, 5) is 5.85. The maximum Gasteiger partial charge on any atom is 0.128 e. The van der Waals surface area contributed by atoms with Crippen LogP contribution >= 0.6 is 0 Å². The summed E-state index contributed by atoms with van der Waals surface area (Å²) < 4.78 is 11.2. The fraction of sp³-hybridized carbons (Fsp3) is 0.529. The van der Waals surface area contributed by atoms with E-state index in [1.807, 2.05) is 13.0 Å². The number of nitrogens with zero attached hydrogens (tertiary/aromatic N) is 1. The van der Waals surface area contributed by atoms with Gasteiger partial charge in [0.1, 0.15) is 5.75 Å². The lowest BCUT2D eigenvalue weighted by Gasteiger charge is -2.26. The number of aromatic amines is 1. The van der Waals surface area contributed by atoms with Gasteiger partial charge in [-0.25, -0.2) is 0 Å². The number of fused-ring (bicyclic) bond motifs is 1. The minimum atomic E-state index is 0.706. The van der Waals surface area contributed by atoms with E-state index < -0.39 is 0 Å². The first-order valence-corrected chi connectivity index (χ1v) is 7.90. The minimum absolute atomic E-state index is 0.706. The second kappa shape index (κ2) is 6.96. The molecular weight excluding hydrogens is 264 g/mol. The Balaban J connectivity index is 1.66. The third kappa shape index (κ3) is 3.39. The van der Waals surface area contributed by atoms with Gasteiger partial charge in [-0.15, -0.1) is 0 Å². The highest BCUT2D eigenvalue weighted by molar-refractivity contribution is 5.89. The van der Waals surface area contributed by atoms with Crippen LogP contribution in [0.5, 0.6) is 5.75 Å². The highest BCUT2D eigenvalue weighted by Gasteiger charge is 2.12. The van der Waals surface area contributed by atoms with Gasteiger partial charge in [0, 0.05) is 30.2 Å². The molecule has 0 spiro atoms. The van der Waals surface area contributed by atoms with Crippen molar-refractivity contribution in [3.8, 4) is 5.75 Å². The van der Waals surface area contributed by atoms with Crippen LogP contribution in [-0.2, 0) is 11.2 Å². The van der Waals surface area contributed by atoms with Gasteiger partial charge >= 0.3 is 0 Å². The number of aromatic nitrogens is 1. The third-order valence-corrected chi connectivity index (χ3v) is 4.07. The highest BCUT2D eigenvalue weighted by Crippen LogP contribution is 2.29. The fourth-order valence-corrected chi connectivity index (χ4v) is 3.01. The topological polar surface area (TPSA) is 37.5 Å². The van der Waals surface area contributed by atoms with Crippen molar-refractivity contribution < 1.29 is 9.47 Å². The summed E-state index contributed by atoms with van der Waals surface area (Å²) in [6, 6.07) is 6.22. The van der Waals surface area contributed by atoms with Crippen molar-refractivity contribution in [3.63, 3.8) is 0 Å². The summed E-state index contributed by atoms with van der Waals surface area (Å²) in [7, 11) is 0. The van der Waals surface area contributed by atoms with E-state index in [1.165, 1.54) is 22.9 Å². The number of H-pyrrole nitrogens is 1. The predicted octanol–water partition coefficient (Wildman–Crippen LogP) is 2.83. The normalized spacial score (nSPS) is 16.4. The molecule has 2 aromatic rings. The van der Waals surface area contributed by atoms with E-state index in [0.29, 0.717) is 6.61 Å². The quantitative estimate of drug-likeness (QED) is 0.888. The van der Waals surface area contributed by atoms with E-state index in [1.54, 1.807) is 0 Å². The van der Waals surface area contributed by atoms with E-state index in [4.69, 9.17) is 9.47 Å². The summed E-state index contributed by atoms with van der Waals surface area (Å²) in [6.45, 7) is 7.77. The van der Waals surface area contributed by atoms with Crippen LogP contribution in [-0.4, -0.2) is 49.3 Å². The molecule has 1 aliphatic rings. The van der Waals surface area contributed by atoms with Crippen LogP contribution in [0.1, 0.15) is 18.9 Å². The molecule has 0 unspecified atom stereocenters. The van der Waals surface area contributed by atoms with Crippen LogP contribution in [0.3, 0.4) is 0 Å². The average Bonchev–Trinajstić information content (AvgIpc) is 2.93. The van der Waals surface area contributed by atoms with E-state index in [0.717, 1.165) is 45.0 Å². The van der Waals surface area contributed by atoms with Crippen LogP contribution in [0, 0.1) is 0 Å². The molecule has 0 bridgehead atoms. The van der Waals surface area contributed by atoms with Gasteiger partial charge in [0.15, 0.2) is 0 Å². The van der Waals surface area contributed by atoms with E-state index in [-0.39, 0.29) is 0 Å². The van der Waals surface area contributed by atoms with Gasteiger partial charge in [0.05, 0.1) is 19.8 Å². The van der Waals surface area contributed by atoms with Crippen molar-refractivity contribution in [1.82, 2.24) is 9.88 Å². The zero-order valence-corrected chi connectivity index (χ0v) is 12.7. The molecular formula is C17H24N2O2. The number of nitrogens with one attached hydrogen (secondary N) is 1. The Morgan fingerprint density at radius 1 is 1.29 bits per heavy atom. The molecule has 1 fully saturated rings. The van der Waals surface area contributed by atoms with Crippen molar-refractivity contribution in [2.45, 2.75) is 19.8 Å². The van der Waals surface area contributed by atoms with Crippen molar-refractivity contribution >= 4 is 10.9 Å². The summed E-state index contributed by atoms with van der Waals surface area (Å²) in [5.41, 5.74) is 2.53. The van der Waals surface area contributed by atoms with Crippen LogP contribution in [0.4, 0.5) is 0 Å². The Hall–Kier alpha value is -1.52. The standard InChI is InChI=1S/C17H24N2O2/c1-2-21-16-7-3-6-15-17(16)14(13-18-15)5-4-8-19-9-11-20-12-10-19/h3,6-7,13,18H,2,4-5,8-12H2,1H3. The largest absolute Gasteiger partial charge is 0.493 e. The lowest BCUT2D eigenvalue weighted by Crippen LogP contribution is -2.36. The Kier molecular flexibility index (Phi) is 4.78. The maximum atomic E-state index is 5.77. The van der Waals surface area contributed by atoms with Crippen LogP contribution < -0.4 is 4.74 Å². The second-order valence-corrected chi connectivity index (χ2v) is 5.48. The molecule has 0 saturated carbocycles. The van der Waals surface area contributed by atoms with Gasteiger partial charge in [0.2, 0.25) is 0 Å². The first-order chi connectivity index (χ1) is 10.4. The number of ether oxygens (including phenoxy) is 2. The van der Waals surface area contributed by atoms with Crippen molar-refractivity contribution in [2.75, 3.05) is 39.5 Å². The molecule has 2 heterocycles. The zero-order valence-electron chi connectivity index (χ0n) is 12.7. The number of aryl methyl sites for hydroxylation is 1. The monoisotopic (exact) mass is 288 g/mol. The SMILES string of the molecule is CCOc1cccc2[nH]cc(CCCN3CCOCC3)c12. The lowest BCUT2D eigenvalue weighted by molar-refractivity contribution is 0.0375. The van der Waals surface area contributed by atoms with E-state index in [9.17, 15) is 0 Å². The van der Waals surface area contributed by atoms with E-state index >= 15 is 0 Å². The van der Waals surface area contributed by atoms with Gasteiger partial charge in [-0.1, -0.05) is 6.07 Å². The number of rotatable bonds is 6. The summed E-state index contributed by atoms with van der Waals surface area (Å²) in [5, 5.41) is 1.25. The average molecular weight is 288 g/mol. The van der Waals surface area contributed by atoms with Crippen molar-refractivity contribution in [2.24, 2.45) is 0 Å². The molecule has 21 heavy (non-hydrogen) atoms. The molecule has 114 valence electrons. The van der Waals surface area contributed by atoms with Gasteiger partial charge in [-0.05, 0) is 44.0 Å². The number of hydrogen-bond donors (Lipinski definition) is 1. The molecule has 1 N–H and O–H groups in total. The Labute approximate surface area is 126 Å². The molecule has 0 atom stereocenters. The molecule has 4 nitrogen and oxygen atoms in total. The number of morpholine rings is 1. The van der Waals surface area contributed by atoms with Crippen LogP contribution in [0.25, 0.3) is 10.9 Å². The number of hydrogen-bond acceptors (Lipinski definition) is 3. The first kappa shape index (κ1) is 14.4. The molecule has 0 amide bonds. The van der Waals surface area contributed by atoms with Gasteiger partial charge in [0.25, 0.3) is 0 Å². The van der Waals surface area contributed by atoms with Crippen molar-refractivity contribution in [3.05, 3.63) is 30.0 Å². The lowest BCUT2D eigenvalue weighted by atomic mass is 10.1. The van der Waals surface area contributed by atoms with Gasteiger partial charge < -0.3 is 14.5 Å². The molecule has 0 aliphatic carbocycles. The maximum absolute atomic E-state index is 5.77. The summed E-state index contributed by atoms with van der Waals surface area (Å²) >= 11 is 0. The smallest absolute Gasteiger partial charge is 0.128 e. The van der Waals surface area contributed by atoms with Crippen LogP contribution in [0.15, 0.2) is 24.4 Å². The van der Waals surface area contributed by atoms with Crippen LogP contribution in [0.2, 0.25) is 0 Å².